The number of nitrogens with two attached hydrogens (primary N) is 1. The average Bonchev–Trinajstić information content (AvgIpc) is 2.17. The molecule has 0 radical (unpaired) electrons. The maximum atomic E-state index is 9.06. The van der Waals surface area contributed by atoms with Gasteiger partial charge in [-0.05, 0) is 0 Å². The molecule has 1 fully saturated rings. The fourth-order valence-corrected chi connectivity index (χ4v) is 0.918. The van der Waals surface area contributed by atoms with Crippen molar-refractivity contribution in [3.8, 4) is 0 Å². The monoisotopic (exact) mass is 149 g/mol. The van der Waals surface area contributed by atoms with Crippen molar-refractivity contribution in [3.05, 3.63) is 0 Å². The van der Waals surface area contributed by atoms with E-state index < -0.39 is 24.5 Å². The zero-order chi connectivity index (χ0) is 7.72. The van der Waals surface area contributed by atoms with Crippen molar-refractivity contribution in [2.45, 2.75) is 24.5 Å². The van der Waals surface area contributed by atoms with Crippen molar-refractivity contribution in [2.24, 2.45) is 5.73 Å². The minimum atomic E-state index is -1.16. The van der Waals surface area contributed by atoms with Gasteiger partial charge in [0.2, 0.25) is 0 Å². The predicted molar refractivity (Wildman–Crippen MR) is 31.9 cm³/mol. The molecular formula is C5H11NO4. The molecule has 60 valence electrons. The fraction of sp³-hybridized carbons (Fsp3) is 1.00. The van der Waals surface area contributed by atoms with Crippen molar-refractivity contribution in [1.82, 2.24) is 0 Å². The summed E-state index contributed by atoms with van der Waals surface area (Å²) in [5, 5.41) is 26.4. The Kier molecular flexibility index (Phi) is 2.22. The Morgan fingerprint density at radius 2 is 2.00 bits per heavy atom. The molecule has 0 aromatic carbocycles. The van der Waals surface area contributed by atoms with Crippen LogP contribution in [0, 0.1) is 0 Å². The second kappa shape index (κ2) is 2.81. The smallest absolute Gasteiger partial charge is 0.172 e. The van der Waals surface area contributed by atoms with E-state index in [1.165, 1.54) is 0 Å². The van der Waals surface area contributed by atoms with Gasteiger partial charge in [0.25, 0.3) is 0 Å². The summed E-state index contributed by atoms with van der Waals surface area (Å²) in [6, 6.07) is -0.808. The summed E-state index contributed by atoms with van der Waals surface area (Å²) in [4.78, 5) is 0. The maximum Gasteiger partial charge on any atom is 0.172 e. The van der Waals surface area contributed by atoms with Gasteiger partial charge in [-0.15, -0.1) is 0 Å². The van der Waals surface area contributed by atoms with Crippen molar-refractivity contribution in [2.75, 3.05) is 6.61 Å². The number of rotatable bonds is 1. The van der Waals surface area contributed by atoms with Crippen LogP contribution in [0.2, 0.25) is 0 Å². The Hall–Kier alpha value is -0.200. The third kappa shape index (κ3) is 1.14. The average molecular weight is 149 g/mol. The fourth-order valence-electron chi connectivity index (χ4n) is 0.918. The van der Waals surface area contributed by atoms with Crippen molar-refractivity contribution >= 4 is 0 Å². The Morgan fingerprint density at radius 1 is 1.40 bits per heavy atom. The van der Waals surface area contributed by atoms with Gasteiger partial charge >= 0.3 is 0 Å². The first-order chi connectivity index (χ1) is 4.66. The lowest BCUT2D eigenvalue weighted by Crippen LogP contribution is -2.40. The Labute approximate surface area is 58.0 Å². The summed E-state index contributed by atoms with van der Waals surface area (Å²) < 4.78 is 4.67. The van der Waals surface area contributed by atoms with Crippen LogP contribution in [0.5, 0.6) is 0 Å². The van der Waals surface area contributed by atoms with Crippen LogP contribution >= 0.6 is 0 Å². The first kappa shape index (κ1) is 7.90. The molecule has 1 rings (SSSR count). The van der Waals surface area contributed by atoms with E-state index in [1.54, 1.807) is 0 Å². The molecular weight excluding hydrogens is 138 g/mol. The van der Waals surface area contributed by atoms with Gasteiger partial charge in [0.1, 0.15) is 12.2 Å². The summed E-state index contributed by atoms with van der Waals surface area (Å²) in [7, 11) is 0. The topological polar surface area (TPSA) is 95.9 Å². The molecule has 0 bridgehead atoms. The van der Waals surface area contributed by atoms with Gasteiger partial charge in [-0.25, -0.2) is 0 Å². The van der Waals surface area contributed by atoms with Crippen LogP contribution in [-0.2, 0) is 4.74 Å². The Bertz CT molecular complexity index is 120. The third-order valence-electron chi connectivity index (χ3n) is 1.60. The van der Waals surface area contributed by atoms with E-state index in [2.05, 4.69) is 4.74 Å². The van der Waals surface area contributed by atoms with Gasteiger partial charge in [0.15, 0.2) is 6.29 Å². The molecule has 1 saturated heterocycles. The molecule has 0 amide bonds. The zero-order valence-electron chi connectivity index (χ0n) is 5.34. The molecule has 0 spiro atoms. The lowest BCUT2D eigenvalue weighted by Gasteiger charge is -2.10. The summed E-state index contributed by atoms with van der Waals surface area (Å²) in [5.74, 6) is 0. The van der Waals surface area contributed by atoms with Gasteiger partial charge in [-0.2, -0.15) is 0 Å². The summed E-state index contributed by atoms with van der Waals surface area (Å²) >= 11 is 0. The minimum absolute atomic E-state index is 0.327. The highest BCUT2D eigenvalue weighted by molar-refractivity contribution is 4.88. The second-order valence-corrected chi connectivity index (χ2v) is 2.32. The number of ether oxygens (including phenoxy) is 1. The number of hydrogen-bond acceptors (Lipinski definition) is 5. The molecule has 10 heavy (non-hydrogen) atoms. The first-order valence-corrected chi connectivity index (χ1v) is 3.05. The van der Waals surface area contributed by atoms with Crippen LogP contribution < -0.4 is 5.73 Å². The molecule has 1 unspecified atom stereocenters. The second-order valence-electron chi connectivity index (χ2n) is 2.32. The zero-order valence-corrected chi connectivity index (χ0v) is 5.34. The number of aliphatic hydroxyl groups excluding tert-OH is 3. The lowest BCUT2D eigenvalue weighted by atomic mass is 10.1. The molecule has 5 N–H and O–H groups in total. The van der Waals surface area contributed by atoms with Gasteiger partial charge in [0.05, 0.1) is 12.6 Å². The Balaban J connectivity index is 2.53. The van der Waals surface area contributed by atoms with Crippen LogP contribution in [0.25, 0.3) is 0 Å². The molecule has 1 aliphatic heterocycles. The summed E-state index contributed by atoms with van der Waals surface area (Å²) in [6.07, 6.45) is -2.88. The molecule has 0 aromatic rings. The summed E-state index contributed by atoms with van der Waals surface area (Å²) in [6.45, 7) is -0.327. The molecule has 1 heterocycles. The van der Waals surface area contributed by atoms with Crippen LogP contribution in [0.15, 0.2) is 0 Å². The highest BCUT2D eigenvalue weighted by atomic mass is 16.6. The van der Waals surface area contributed by atoms with Crippen LogP contribution in [0.3, 0.4) is 0 Å². The van der Waals surface area contributed by atoms with Crippen molar-refractivity contribution < 1.29 is 20.1 Å². The molecule has 0 aliphatic carbocycles. The standard InChI is InChI=1S/C5H11NO4/c6-3-4(8)2(1-7)10-5(3)9/h2-5,7-9H,1,6H2/t2-,3-,4-,5?/m1/s1. The van der Waals surface area contributed by atoms with Gasteiger partial charge < -0.3 is 25.8 Å². The van der Waals surface area contributed by atoms with Gasteiger partial charge in [0, 0.05) is 0 Å². The van der Waals surface area contributed by atoms with Crippen molar-refractivity contribution in [1.29, 1.82) is 0 Å². The normalized spacial score (nSPS) is 48.0. The quantitative estimate of drug-likeness (QED) is 0.327. The van der Waals surface area contributed by atoms with E-state index >= 15 is 0 Å². The van der Waals surface area contributed by atoms with Crippen molar-refractivity contribution in [3.63, 3.8) is 0 Å². The lowest BCUT2D eigenvalue weighted by molar-refractivity contribution is -0.110. The number of hydrogen-bond donors (Lipinski definition) is 4. The third-order valence-corrected chi connectivity index (χ3v) is 1.60. The van der Waals surface area contributed by atoms with Crippen LogP contribution in [-0.4, -0.2) is 46.5 Å². The highest BCUT2D eigenvalue weighted by Gasteiger charge is 2.39. The SMILES string of the molecule is N[C@H]1C(O)O[C@H](CO)[C@H]1O. The molecule has 0 aromatic heterocycles. The number of aliphatic hydroxyl groups is 3. The van der Waals surface area contributed by atoms with E-state index in [0.29, 0.717) is 0 Å². The van der Waals surface area contributed by atoms with E-state index in [4.69, 9.17) is 21.1 Å². The summed E-state index contributed by atoms with van der Waals surface area (Å²) in [5.41, 5.74) is 5.25. The molecule has 4 atom stereocenters. The molecule has 1 aliphatic rings. The molecule has 5 nitrogen and oxygen atoms in total. The minimum Gasteiger partial charge on any atom is -0.394 e. The van der Waals surface area contributed by atoms with E-state index in [-0.39, 0.29) is 6.61 Å². The van der Waals surface area contributed by atoms with E-state index in [1.807, 2.05) is 0 Å². The van der Waals surface area contributed by atoms with E-state index in [0.717, 1.165) is 0 Å². The molecule has 0 saturated carbocycles. The maximum absolute atomic E-state index is 9.06. The first-order valence-electron chi connectivity index (χ1n) is 3.05. The Morgan fingerprint density at radius 3 is 2.20 bits per heavy atom. The van der Waals surface area contributed by atoms with Crippen LogP contribution in [0.4, 0.5) is 0 Å². The van der Waals surface area contributed by atoms with Crippen LogP contribution in [0.1, 0.15) is 0 Å². The predicted octanol–water partition coefficient (Wildman–Crippen LogP) is -2.62. The highest BCUT2D eigenvalue weighted by Crippen LogP contribution is 2.16. The van der Waals surface area contributed by atoms with Gasteiger partial charge in [-0.3, -0.25) is 0 Å². The largest absolute Gasteiger partial charge is 0.394 e. The molecule has 5 heteroatoms. The van der Waals surface area contributed by atoms with E-state index in [9.17, 15) is 0 Å². The van der Waals surface area contributed by atoms with Gasteiger partial charge in [-0.1, -0.05) is 0 Å².